The van der Waals surface area contributed by atoms with Crippen molar-refractivity contribution in [2.45, 2.75) is 33.3 Å². The highest BCUT2D eigenvalue weighted by Gasteiger charge is 2.37. The van der Waals surface area contributed by atoms with Crippen LogP contribution in [0.15, 0.2) is 42.5 Å². The Hall–Kier alpha value is -4.01. The van der Waals surface area contributed by atoms with Crippen LogP contribution in [-0.4, -0.2) is 42.2 Å². The Balaban J connectivity index is 1.77. The molecule has 0 aliphatic carbocycles. The molecule has 0 saturated heterocycles. The first-order valence-electron chi connectivity index (χ1n) is 10.1. The third kappa shape index (κ3) is 4.66. The number of nitrogens with one attached hydrogen (secondary N) is 2. The standard InChI is InChI=1S/C23H23N3O6/c1-4-11-24-20(28)13(2)32-23(31)15-5-10-18-19(12-15)22(30)26(21(18)29)17-8-6-16(7-9-17)25-14(3)27/h5-10,12-13H,4,11H2,1-3H3,(H,24,28)(H,25,27). The molecule has 0 aromatic heterocycles. The van der Waals surface area contributed by atoms with Crippen LogP contribution in [0.1, 0.15) is 58.3 Å². The van der Waals surface area contributed by atoms with E-state index in [-0.39, 0.29) is 22.6 Å². The Kier molecular flexibility index (Phi) is 6.67. The topological polar surface area (TPSA) is 122 Å². The van der Waals surface area contributed by atoms with E-state index in [1.165, 1.54) is 32.0 Å². The Labute approximate surface area is 184 Å². The van der Waals surface area contributed by atoms with Gasteiger partial charge in [-0.25, -0.2) is 9.69 Å². The van der Waals surface area contributed by atoms with Crippen molar-refractivity contribution in [3.05, 3.63) is 59.2 Å². The third-order valence-electron chi connectivity index (χ3n) is 4.77. The highest BCUT2D eigenvalue weighted by atomic mass is 16.5. The molecule has 0 fully saturated rings. The number of ether oxygens (including phenoxy) is 1. The van der Waals surface area contributed by atoms with E-state index < -0.39 is 29.8 Å². The number of carbonyl (C=O) groups excluding carboxylic acids is 5. The van der Waals surface area contributed by atoms with Gasteiger partial charge in [0.15, 0.2) is 6.10 Å². The minimum Gasteiger partial charge on any atom is -0.449 e. The number of benzene rings is 2. The molecule has 3 rings (SSSR count). The summed E-state index contributed by atoms with van der Waals surface area (Å²) in [4.78, 5) is 62.2. The van der Waals surface area contributed by atoms with E-state index in [0.29, 0.717) is 17.9 Å². The van der Waals surface area contributed by atoms with Gasteiger partial charge in [0, 0.05) is 19.2 Å². The lowest BCUT2D eigenvalue weighted by atomic mass is 10.1. The number of carbonyl (C=O) groups is 5. The lowest BCUT2D eigenvalue weighted by Crippen LogP contribution is -2.36. The summed E-state index contributed by atoms with van der Waals surface area (Å²) in [6.45, 7) is 5.20. The summed E-state index contributed by atoms with van der Waals surface area (Å²) in [6.07, 6.45) is -0.252. The summed E-state index contributed by atoms with van der Waals surface area (Å²) in [5, 5.41) is 5.25. The first-order valence-corrected chi connectivity index (χ1v) is 10.1. The maximum Gasteiger partial charge on any atom is 0.338 e. The molecule has 0 radical (unpaired) electrons. The number of hydrogen-bond donors (Lipinski definition) is 2. The maximum atomic E-state index is 12.9. The molecule has 0 bridgehead atoms. The Morgan fingerprint density at radius 1 is 1.00 bits per heavy atom. The minimum atomic E-state index is -1.00. The van der Waals surface area contributed by atoms with Crippen molar-refractivity contribution in [3.63, 3.8) is 0 Å². The molecule has 1 aliphatic rings. The molecule has 32 heavy (non-hydrogen) atoms. The number of imide groups is 1. The van der Waals surface area contributed by atoms with E-state index in [1.54, 1.807) is 24.3 Å². The van der Waals surface area contributed by atoms with Crippen LogP contribution in [0.25, 0.3) is 0 Å². The molecule has 2 N–H and O–H groups in total. The fourth-order valence-electron chi connectivity index (χ4n) is 3.17. The zero-order valence-corrected chi connectivity index (χ0v) is 17.9. The van der Waals surface area contributed by atoms with E-state index in [4.69, 9.17) is 4.74 Å². The van der Waals surface area contributed by atoms with E-state index in [1.807, 2.05) is 6.92 Å². The van der Waals surface area contributed by atoms with Crippen molar-refractivity contribution in [1.82, 2.24) is 5.32 Å². The molecule has 1 atom stereocenters. The van der Waals surface area contributed by atoms with Crippen molar-refractivity contribution in [1.29, 1.82) is 0 Å². The Bertz CT molecular complexity index is 1090. The number of fused-ring (bicyclic) bond motifs is 1. The molecule has 0 saturated carbocycles. The van der Waals surface area contributed by atoms with Crippen molar-refractivity contribution in [3.8, 4) is 0 Å². The second-order valence-corrected chi connectivity index (χ2v) is 7.27. The van der Waals surface area contributed by atoms with Crippen LogP contribution >= 0.6 is 0 Å². The number of esters is 1. The van der Waals surface area contributed by atoms with E-state index in [2.05, 4.69) is 10.6 Å². The molecular formula is C23H23N3O6. The SMILES string of the molecule is CCCNC(=O)C(C)OC(=O)c1ccc2c(c1)C(=O)N(c1ccc(NC(C)=O)cc1)C2=O. The highest BCUT2D eigenvalue weighted by molar-refractivity contribution is 6.34. The molecule has 2 aromatic carbocycles. The summed E-state index contributed by atoms with van der Waals surface area (Å²) >= 11 is 0. The number of nitrogens with zero attached hydrogens (tertiary/aromatic N) is 1. The number of amides is 4. The zero-order valence-electron chi connectivity index (χ0n) is 17.9. The molecule has 166 valence electrons. The second kappa shape index (κ2) is 9.42. The van der Waals surface area contributed by atoms with Gasteiger partial charge >= 0.3 is 5.97 Å². The van der Waals surface area contributed by atoms with Gasteiger partial charge in [0.1, 0.15) is 0 Å². The normalized spacial score (nSPS) is 13.4. The number of anilines is 2. The van der Waals surface area contributed by atoms with E-state index in [0.717, 1.165) is 11.3 Å². The molecule has 4 amide bonds. The van der Waals surface area contributed by atoms with Gasteiger partial charge in [-0.1, -0.05) is 6.92 Å². The average molecular weight is 437 g/mol. The number of hydrogen-bond acceptors (Lipinski definition) is 6. The van der Waals surface area contributed by atoms with Gasteiger partial charge in [0.25, 0.3) is 17.7 Å². The monoisotopic (exact) mass is 437 g/mol. The number of rotatable bonds is 7. The van der Waals surface area contributed by atoms with Crippen LogP contribution in [0.5, 0.6) is 0 Å². The fraction of sp³-hybridized carbons (Fsp3) is 0.261. The largest absolute Gasteiger partial charge is 0.449 e. The van der Waals surface area contributed by atoms with Crippen LogP contribution in [0.2, 0.25) is 0 Å². The smallest absolute Gasteiger partial charge is 0.338 e. The molecule has 1 aliphatic heterocycles. The summed E-state index contributed by atoms with van der Waals surface area (Å²) in [5.41, 5.74) is 1.14. The van der Waals surface area contributed by atoms with Gasteiger partial charge in [-0.15, -0.1) is 0 Å². The van der Waals surface area contributed by atoms with Crippen LogP contribution in [-0.2, 0) is 14.3 Å². The second-order valence-electron chi connectivity index (χ2n) is 7.27. The summed E-state index contributed by atoms with van der Waals surface area (Å²) in [7, 11) is 0. The van der Waals surface area contributed by atoms with Crippen LogP contribution in [0.4, 0.5) is 11.4 Å². The predicted molar refractivity (Wildman–Crippen MR) is 117 cm³/mol. The van der Waals surface area contributed by atoms with E-state index in [9.17, 15) is 24.0 Å². The van der Waals surface area contributed by atoms with Crippen LogP contribution in [0.3, 0.4) is 0 Å². The Morgan fingerprint density at radius 2 is 1.66 bits per heavy atom. The zero-order chi connectivity index (χ0) is 23.4. The van der Waals surface area contributed by atoms with Gasteiger partial charge in [0.2, 0.25) is 5.91 Å². The predicted octanol–water partition coefficient (Wildman–Crippen LogP) is 2.52. The van der Waals surface area contributed by atoms with Crippen molar-refractivity contribution in [2.75, 3.05) is 16.8 Å². The highest BCUT2D eigenvalue weighted by Crippen LogP contribution is 2.30. The molecule has 1 unspecified atom stereocenters. The van der Waals surface area contributed by atoms with Gasteiger partial charge in [-0.05, 0) is 55.8 Å². The van der Waals surface area contributed by atoms with Crippen LogP contribution in [0, 0.1) is 0 Å². The molecule has 1 heterocycles. The summed E-state index contributed by atoms with van der Waals surface area (Å²) in [6, 6.07) is 10.3. The van der Waals surface area contributed by atoms with Gasteiger partial charge < -0.3 is 15.4 Å². The lowest BCUT2D eigenvalue weighted by Gasteiger charge is -2.14. The quantitative estimate of drug-likeness (QED) is 0.507. The average Bonchev–Trinajstić information content (AvgIpc) is 3.01. The van der Waals surface area contributed by atoms with Crippen molar-refractivity contribution < 1.29 is 28.7 Å². The summed E-state index contributed by atoms with van der Waals surface area (Å²) < 4.78 is 5.18. The van der Waals surface area contributed by atoms with Gasteiger partial charge in [-0.3, -0.25) is 19.2 Å². The first-order chi connectivity index (χ1) is 15.2. The first kappa shape index (κ1) is 22.7. The summed E-state index contributed by atoms with van der Waals surface area (Å²) in [5.74, 6) is -2.54. The van der Waals surface area contributed by atoms with Crippen molar-refractivity contribution >= 4 is 41.0 Å². The maximum absolute atomic E-state index is 12.9. The minimum absolute atomic E-state index is 0.0582. The third-order valence-corrected chi connectivity index (χ3v) is 4.77. The molecule has 9 heteroatoms. The Morgan fingerprint density at radius 3 is 2.28 bits per heavy atom. The molecule has 9 nitrogen and oxygen atoms in total. The molecule has 0 spiro atoms. The fourth-order valence-corrected chi connectivity index (χ4v) is 3.17. The lowest BCUT2D eigenvalue weighted by molar-refractivity contribution is -0.129. The van der Waals surface area contributed by atoms with E-state index >= 15 is 0 Å². The van der Waals surface area contributed by atoms with Crippen LogP contribution < -0.4 is 15.5 Å². The van der Waals surface area contributed by atoms with Crippen molar-refractivity contribution in [2.24, 2.45) is 0 Å². The molecular weight excluding hydrogens is 414 g/mol. The van der Waals surface area contributed by atoms with Gasteiger partial charge in [0.05, 0.1) is 22.4 Å². The van der Waals surface area contributed by atoms with Gasteiger partial charge in [-0.2, -0.15) is 0 Å². The molecule has 2 aromatic rings.